The van der Waals surface area contributed by atoms with E-state index < -0.39 is 0 Å². The number of halogens is 1. The first kappa shape index (κ1) is 14.1. The van der Waals surface area contributed by atoms with E-state index in [4.69, 9.17) is 10.8 Å². The molecule has 1 rings (SSSR count). The summed E-state index contributed by atoms with van der Waals surface area (Å²) in [5.74, 6) is -0.143. The number of rotatable bonds is 6. The second-order valence-electron chi connectivity index (χ2n) is 4.43. The van der Waals surface area contributed by atoms with Gasteiger partial charge in [-0.2, -0.15) is 0 Å². The fraction of sp³-hybridized carbons (Fsp3) is 0.538. The number of nitrogens with two attached hydrogens (primary N) is 1. The first-order valence-electron chi connectivity index (χ1n) is 5.91. The van der Waals surface area contributed by atoms with Gasteiger partial charge in [0.25, 0.3) is 0 Å². The van der Waals surface area contributed by atoms with Crippen LogP contribution in [0.1, 0.15) is 25.5 Å². The average Bonchev–Trinajstić information content (AvgIpc) is 2.35. The molecule has 0 bridgehead atoms. The molecule has 1 aromatic carbocycles. The van der Waals surface area contributed by atoms with Gasteiger partial charge in [-0.15, -0.1) is 0 Å². The summed E-state index contributed by atoms with van der Waals surface area (Å²) < 4.78 is 13.6. The molecule has 4 N–H and O–H groups in total. The number of nitrogens with one attached hydrogen (secondary N) is 1. The standard InChI is InChI=1S/C13H21FN2O/c1-9(8-17)10(2)16-13(7-15)11-5-3-4-6-12(11)14/h3-6,9-10,13,16-17H,7-8,15H2,1-2H3. The SMILES string of the molecule is CC(CO)C(C)NC(CN)c1ccccc1F. The molecule has 0 radical (unpaired) electrons. The van der Waals surface area contributed by atoms with Crippen LogP contribution in [0.2, 0.25) is 0 Å². The molecule has 0 aliphatic heterocycles. The summed E-state index contributed by atoms with van der Waals surface area (Å²) in [6.07, 6.45) is 0. The molecule has 0 heterocycles. The Morgan fingerprint density at radius 1 is 1.35 bits per heavy atom. The van der Waals surface area contributed by atoms with Crippen LogP contribution in [0.3, 0.4) is 0 Å². The third kappa shape index (κ3) is 3.77. The maximum absolute atomic E-state index is 13.6. The molecule has 0 saturated heterocycles. The Balaban J connectivity index is 2.76. The fourth-order valence-corrected chi connectivity index (χ4v) is 1.68. The van der Waals surface area contributed by atoms with E-state index in [9.17, 15) is 4.39 Å². The van der Waals surface area contributed by atoms with Crippen molar-refractivity contribution in [1.82, 2.24) is 5.32 Å². The summed E-state index contributed by atoms with van der Waals surface area (Å²) in [7, 11) is 0. The Morgan fingerprint density at radius 2 is 2.00 bits per heavy atom. The van der Waals surface area contributed by atoms with Crippen LogP contribution in [0.5, 0.6) is 0 Å². The summed E-state index contributed by atoms with van der Waals surface area (Å²) >= 11 is 0. The predicted octanol–water partition coefficient (Wildman–Crippen LogP) is 1.43. The van der Waals surface area contributed by atoms with E-state index >= 15 is 0 Å². The highest BCUT2D eigenvalue weighted by Gasteiger charge is 2.18. The Kier molecular flexibility index (Phi) is 5.55. The van der Waals surface area contributed by atoms with Crippen LogP contribution >= 0.6 is 0 Å². The van der Waals surface area contributed by atoms with E-state index in [1.165, 1.54) is 6.07 Å². The largest absolute Gasteiger partial charge is 0.396 e. The number of aliphatic hydroxyl groups excluding tert-OH is 1. The van der Waals surface area contributed by atoms with Crippen LogP contribution in [0.25, 0.3) is 0 Å². The van der Waals surface area contributed by atoms with Gasteiger partial charge in [0.15, 0.2) is 0 Å². The number of hydrogen-bond donors (Lipinski definition) is 3. The topological polar surface area (TPSA) is 58.3 Å². The van der Waals surface area contributed by atoms with Crippen molar-refractivity contribution >= 4 is 0 Å². The minimum Gasteiger partial charge on any atom is -0.396 e. The molecule has 0 saturated carbocycles. The zero-order chi connectivity index (χ0) is 12.8. The second kappa shape index (κ2) is 6.69. The quantitative estimate of drug-likeness (QED) is 0.705. The molecular formula is C13H21FN2O. The van der Waals surface area contributed by atoms with Crippen molar-refractivity contribution in [2.45, 2.75) is 25.9 Å². The van der Waals surface area contributed by atoms with Crippen LogP contribution in [0, 0.1) is 11.7 Å². The molecule has 3 unspecified atom stereocenters. The van der Waals surface area contributed by atoms with Crippen LogP contribution < -0.4 is 11.1 Å². The van der Waals surface area contributed by atoms with Gasteiger partial charge in [0.2, 0.25) is 0 Å². The molecule has 0 aromatic heterocycles. The summed E-state index contributed by atoms with van der Waals surface area (Å²) in [5, 5.41) is 12.3. The summed E-state index contributed by atoms with van der Waals surface area (Å²) in [6.45, 7) is 4.32. The summed E-state index contributed by atoms with van der Waals surface area (Å²) in [4.78, 5) is 0. The first-order chi connectivity index (χ1) is 8.10. The van der Waals surface area contributed by atoms with Crippen LogP contribution in [0.4, 0.5) is 4.39 Å². The second-order valence-corrected chi connectivity index (χ2v) is 4.43. The summed E-state index contributed by atoms with van der Waals surface area (Å²) in [6, 6.07) is 6.47. The lowest BCUT2D eigenvalue weighted by molar-refractivity contribution is 0.201. The van der Waals surface area contributed by atoms with Crippen molar-refractivity contribution in [3.63, 3.8) is 0 Å². The lowest BCUT2D eigenvalue weighted by Crippen LogP contribution is -2.40. The van der Waals surface area contributed by atoms with E-state index in [1.807, 2.05) is 13.8 Å². The van der Waals surface area contributed by atoms with Crippen molar-refractivity contribution in [2.75, 3.05) is 13.2 Å². The van der Waals surface area contributed by atoms with Gasteiger partial charge in [0, 0.05) is 30.8 Å². The van der Waals surface area contributed by atoms with E-state index in [-0.39, 0.29) is 30.4 Å². The van der Waals surface area contributed by atoms with E-state index in [0.717, 1.165) is 0 Å². The third-order valence-electron chi connectivity index (χ3n) is 3.12. The molecule has 3 nitrogen and oxygen atoms in total. The highest BCUT2D eigenvalue weighted by molar-refractivity contribution is 5.21. The highest BCUT2D eigenvalue weighted by Crippen LogP contribution is 2.17. The van der Waals surface area contributed by atoms with Crippen LogP contribution in [0.15, 0.2) is 24.3 Å². The lowest BCUT2D eigenvalue weighted by Gasteiger charge is -2.26. The molecule has 0 aliphatic carbocycles. The molecule has 0 fully saturated rings. The maximum Gasteiger partial charge on any atom is 0.128 e. The highest BCUT2D eigenvalue weighted by atomic mass is 19.1. The smallest absolute Gasteiger partial charge is 0.128 e. The van der Waals surface area contributed by atoms with Gasteiger partial charge >= 0.3 is 0 Å². The van der Waals surface area contributed by atoms with Crippen molar-refractivity contribution < 1.29 is 9.50 Å². The zero-order valence-electron chi connectivity index (χ0n) is 10.4. The molecule has 0 amide bonds. The predicted molar refractivity (Wildman–Crippen MR) is 67.0 cm³/mol. The Bertz CT molecular complexity index is 346. The van der Waals surface area contributed by atoms with E-state index in [0.29, 0.717) is 12.1 Å². The lowest BCUT2D eigenvalue weighted by atomic mass is 10.0. The van der Waals surface area contributed by atoms with Gasteiger partial charge in [-0.05, 0) is 18.9 Å². The van der Waals surface area contributed by atoms with Crippen molar-refractivity contribution in [3.8, 4) is 0 Å². The molecule has 0 aliphatic rings. The molecule has 1 aromatic rings. The zero-order valence-corrected chi connectivity index (χ0v) is 10.4. The molecule has 0 spiro atoms. The van der Waals surface area contributed by atoms with Crippen molar-refractivity contribution in [1.29, 1.82) is 0 Å². The normalized spacial score (nSPS) is 16.5. The van der Waals surface area contributed by atoms with Gasteiger partial charge in [-0.1, -0.05) is 25.1 Å². The first-order valence-corrected chi connectivity index (χ1v) is 5.91. The molecule has 3 atom stereocenters. The molecular weight excluding hydrogens is 219 g/mol. The van der Waals surface area contributed by atoms with E-state index in [2.05, 4.69) is 5.32 Å². The molecule has 96 valence electrons. The summed E-state index contributed by atoms with van der Waals surface area (Å²) in [5.41, 5.74) is 6.25. The Morgan fingerprint density at radius 3 is 2.53 bits per heavy atom. The van der Waals surface area contributed by atoms with Gasteiger partial charge in [0.1, 0.15) is 5.82 Å². The van der Waals surface area contributed by atoms with Crippen LogP contribution in [-0.4, -0.2) is 24.3 Å². The van der Waals surface area contributed by atoms with E-state index in [1.54, 1.807) is 18.2 Å². The molecule has 17 heavy (non-hydrogen) atoms. The van der Waals surface area contributed by atoms with Crippen LogP contribution in [-0.2, 0) is 0 Å². The third-order valence-corrected chi connectivity index (χ3v) is 3.12. The minimum atomic E-state index is -0.251. The maximum atomic E-state index is 13.6. The van der Waals surface area contributed by atoms with Gasteiger partial charge in [0.05, 0.1) is 0 Å². The number of benzene rings is 1. The van der Waals surface area contributed by atoms with Gasteiger partial charge in [-0.25, -0.2) is 4.39 Å². The fourth-order valence-electron chi connectivity index (χ4n) is 1.68. The number of aliphatic hydroxyl groups is 1. The Hall–Kier alpha value is -0.970. The number of hydrogen-bond acceptors (Lipinski definition) is 3. The van der Waals surface area contributed by atoms with Gasteiger partial charge in [-0.3, -0.25) is 0 Å². The minimum absolute atomic E-state index is 0.0770. The van der Waals surface area contributed by atoms with Crippen molar-refractivity contribution in [2.24, 2.45) is 11.7 Å². The monoisotopic (exact) mass is 240 g/mol. The molecule has 4 heteroatoms. The van der Waals surface area contributed by atoms with Gasteiger partial charge < -0.3 is 16.2 Å². The average molecular weight is 240 g/mol. The van der Waals surface area contributed by atoms with Crippen molar-refractivity contribution in [3.05, 3.63) is 35.6 Å². The Labute approximate surface area is 102 Å².